The van der Waals surface area contributed by atoms with Crippen LogP contribution < -0.4 is 10.2 Å². The average Bonchev–Trinajstić information content (AvgIpc) is 3.34. The largest absolute Gasteiger partial charge is 0.423 e. The molecule has 5 nitrogen and oxygen atoms in total. The van der Waals surface area contributed by atoms with Gasteiger partial charge >= 0.3 is 0 Å². The molecule has 1 N–H and O–H groups in total. The monoisotopic (exact) mass is 367 g/mol. The van der Waals surface area contributed by atoms with Crippen LogP contribution in [-0.4, -0.2) is 30.5 Å². The van der Waals surface area contributed by atoms with Crippen LogP contribution in [-0.2, 0) is 4.79 Å². The van der Waals surface area contributed by atoms with Crippen LogP contribution in [0.25, 0.3) is 17.2 Å². The van der Waals surface area contributed by atoms with Crippen LogP contribution >= 0.6 is 11.3 Å². The molecule has 3 heterocycles. The summed E-state index contributed by atoms with van der Waals surface area (Å²) in [5.41, 5.74) is 1.73. The van der Waals surface area contributed by atoms with Crippen molar-refractivity contribution in [3.05, 3.63) is 52.7 Å². The molecule has 1 aromatic carbocycles. The number of hydrogen-bond donors (Lipinski definition) is 1. The first kappa shape index (κ1) is 16.8. The molecule has 6 heteroatoms. The minimum Gasteiger partial charge on any atom is -0.423 e. The molecule has 4 rings (SSSR count). The van der Waals surface area contributed by atoms with Gasteiger partial charge in [0.15, 0.2) is 5.58 Å². The maximum absolute atomic E-state index is 11.9. The fourth-order valence-electron chi connectivity index (χ4n) is 3.17. The van der Waals surface area contributed by atoms with Crippen molar-refractivity contribution in [2.45, 2.75) is 12.8 Å². The van der Waals surface area contributed by atoms with Gasteiger partial charge in [0.1, 0.15) is 5.52 Å². The van der Waals surface area contributed by atoms with Gasteiger partial charge in [-0.1, -0.05) is 18.2 Å². The molecule has 0 bridgehead atoms. The van der Waals surface area contributed by atoms with E-state index in [1.54, 1.807) is 17.4 Å². The number of thiophene rings is 1. The molecule has 0 atom stereocenters. The van der Waals surface area contributed by atoms with Crippen LogP contribution in [0.5, 0.6) is 0 Å². The second-order valence-electron chi connectivity index (χ2n) is 6.49. The van der Waals surface area contributed by atoms with Gasteiger partial charge in [-0.25, -0.2) is 0 Å². The van der Waals surface area contributed by atoms with Gasteiger partial charge < -0.3 is 14.6 Å². The molecule has 134 valence electrons. The maximum atomic E-state index is 11.9. The van der Waals surface area contributed by atoms with E-state index in [1.807, 2.05) is 47.9 Å². The maximum Gasteiger partial charge on any atom is 0.298 e. The quantitative estimate of drug-likeness (QED) is 0.694. The molecule has 2 aromatic heterocycles. The molecule has 1 saturated heterocycles. The highest BCUT2D eigenvalue weighted by atomic mass is 32.1. The Morgan fingerprint density at radius 2 is 2.12 bits per heavy atom. The predicted molar refractivity (Wildman–Crippen MR) is 105 cm³/mol. The van der Waals surface area contributed by atoms with Gasteiger partial charge in [0.25, 0.3) is 6.01 Å². The highest BCUT2D eigenvalue weighted by Crippen LogP contribution is 2.26. The van der Waals surface area contributed by atoms with Crippen LogP contribution in [0.15, 0.2) is 52.3 Å². The van der Waals surface area contributed by atoms with E-state index in [1.165, 1.54) is 0 Å². The molecule has 1 amide bonds. The zero-order valence-electron chi connectivity index (χ0n) is 14.4. The normalized spacial score (nSPS) is 15.8. The lowest BCUT2D eigenvalue weighted by Crippen LogP contribution is -2.38. The molecule has 0 aliphatic carbocycles. The molecule has 1 aliphatic heterocycles. The lowest BCUT2D eigenvalue weighted by atomic mass is 9.97. The summed E-state index contributed by atoms with van der Waals surface area (Å²) >= 11 is 1.62. The highest BCUT2D eigenvalue weighted by Gasteiger charge is 2.22. The van der Waals surface area contributed by atoms with Crippen molar-refractivity contribution in [3.8, 4) is 0 Å². The Morgan fingerprint density at radius 1 is 1.27 bits per heavy atom. The van der Waals surface area contributed by atoms with E-state index in [0.717, 1.165) is 48.5 Å². The number of carbonyl (C=O) groups is 1. The fraction of sp³-hybridized carbons (Fsp3) is 0.300. The molecule has 1 aliphatic rings. The van der Waals surface area contributed by atoms with Gasteiger partial charge in [0.2, 0.25) is 5.91 Å². The Labute approximate surface area is 156 Å². The number of carbonyl (C=O) groups excluding carboxylic acids is 1. The standard InChI is InChI=1S/C20H21N3O2S/c24-19(8-7-16-4-3-13-26-16)21-14-15-9-11-23(12-10-15)20-22-17-5-1-2-6-18(17)25-20/h1-8,13,15H,9-12,14H2,(H,21,24). The number of hydrogen-bond acceptors (Lipinski definition) is 5. The van der Waals surface area contributed by atoms with Gasteiger partial charge in [0.05, 0.1) is 0 Å². The first-order chi connectivity index (χ1) is 12.8. The van der Waals surface area contributed by atoms with Crippen molar-refractivity contribution < 1.29 is 9.21 Å². The van der Waals surface area contributed by atoms with Gasteiger partial charge in [0, 0.05) is 30.6 Å². The molecule has 0 radical (unpaired) electrons. The molecule has 0 unspecified atom stereocenters. The zero-order chi connectivity index (χ0) is 17.8. The zero-order valence-corrected chi connectivity index (χ0v) is 15.2. The number of para-hydroxylation sites is 2. The summed E-state index contributed by atoms with van der Waals surface area (Å²) in [5.74, 6) is 0.467. The fourth-order valence-corrected chi connectivity index (χ4v) is 3.79. The summed E-state index contributed by atoms with van der Waals surface area (Å²) in [5, 5.41) is 5.01. The Balaban J connectivity index is 1.25. The topological polar surface area (TPSA) is 58.4 Å². The van der Waals surface area contributed by atoms with Crippen molar-refractivity contribution in [1.82, 2.24) is 10.3 Å². The van der Waals surface area contributed by atoms with Gasteiger partial charge in [-0.3, -0.25) is 4.79 Å². The van der Waals surface area contributed by atoms with E-state index in [0.29, 0.717) is 11.9 Å². The van der Waals surface area contributed by atoms with Crippen molar-refractivity contribution in [2.75, 3.05) is 24.5 Å². The van der Waals surface area contributed by atoms with Crippen molar-refractivity contribution in [3.63, 3.8) is 0 Å². The van der Waals surface area contributed by atoms with E-state index >= 15 is 0 Å². The summed E-state index contributed by atoms with van der Waals surface area (Å²) in [6.45, 7) is 2.52. The van der Waals surface area contributed by atoms with Crippen LogP contribution in [0, 0.1) is 5.92 Å². The van der Waals surface area contributed by atoms with E-state index in [2.05, 4.69) is 15.2 Å². The predicted octanol–water partition coefficient (Wildman–Crippen LogP) is 3.94. The Morgan fingerprint density at radius 3 is 2.88 bits per heavy atom. The third kappa shape index (κ3) is 3.96. The first-order valence-electron chi connectivity index (χ1n) is 8.88. The minimum absolute atomic E-state index is 0.0280. The van der Waals surface area contributed by atoms with Crippen molar-refractivity contribution >= 4 is 40.4 Å². The number of oxazole rings is 1. The van der Waals surface area contributed by atoms with Crippen LogP contribution in [0.3, 0.4) is 0 Å². The molecule has 26 heavy (non-hydrogen) atoms. The van der Waals surface area contributed by atoms with Crippen molar-refractivity contribution in [1.29, 1.82) is 0 Å². The lowest BCUT2D eigenvalue weighted by molar-refractivity contribution is -0.116. The Hall–Kier alpha value is -2.60. The molecular formula is C20H21N3O2S. The van der Waals surface area contributed by atoms with Gasteiger partial charge in [-0.15, -0.1) is 11.3 Å². The molecule has 0 spiro atoms. The second-order valence-corrected chi connectivity index (χ2v) is 7.47. The third-order valence-corrected chi connectivity index (χ3v) is 5.51. The van der Waals surface area contributed by atoms with E-state index in [9.17, 15) is 4.79 Å². The number of amides is 1. The molecule has 1 fully saturated rings. The third-order valence-electron chi connectivity index (χ3n) is 4.67. The number of aromatic nitrogens is 1. The van der Waals surface area contributed by atoms with Crippen molar-refractivity contribution in [2.24, 2.45) is 5.92 Å². The number of rotatable bonds is 5. The molecule has 3 aromatic rings. The van der Waals surface area contributed by atoms with E-state index in [-0.39, 0.29) is 5.91 Å². The smallest absolute Gasteiger partial charge is 0.298 e. The number of piperidine rings is 1. The Bertz CT molecular complexity index is 860. The van der Waals surface area contributed by atoms with E-state index < -0.39 is 0 Å². The number of fused-ring (bicyclic) bond motifs is 1. The highest BCUT2D eigenvalue weighted by molar-refractivity contribution is 7.10. The number of benzene rings is 1. The SMILES string of the molecule is O=C(C=Cc1cccs1)NCC1CCN(c2nc3ccccc3o2)CC1. The second kappa shape index (κ2) is 7.74. The summed E-state index contributed by atoms with van der Waals surface area (Å²) in [7, 11) is 0. The summed E-state index contributed by atoms with van der Waals surface area (Å²) in [6, 6.07) is 12.5. The number of nitrogens with zero attached hydrogens (tertiary/aromatic N) is 2. The molecular weight excluding hydrogens is 346 g/mol. The van der Waals surface area contributed by atoms with Crippen LogP contribution in [0.1, 0.15) is 17.7 Å². The number of anilines is 1. The first-order valence-corrected chi connectivity index (χ1v) is 9.76. The lowest BCUT2D eigenvalue weighted by Gasteiger charge is -2.30. The summed E-state index contributed by atoms with van der Waals surface area (Å²) in [4.78, 5) is 19.8. The van der Waals surface area contributed by atoms with Gasteiger partial charge in [-0.05, 0) is 48.4 Å². The van der Waals surface area contributed by atoms with Gasteiger partial charge in [-0.2, -0.15) is 4.98 Å². The molecule has 0 saturated carbocycles. The van der Waals surface area contributed by atoms with E-state index in [4.69, 9.17) is 4.42 Å². The number of nitrogens with one attached hydrogen (secondary N) is 1. The summed E-state index contributed by atoms with van der Waals surface area (Å²) in [6.07, 6.45) is 5.51. The summed E-state index contributed by atoms with van der Waals surface area (Å²) < 4.78 is 5.85. The van der Waals surface area contributed by atoms with Crippen LogP contribution in [0.4, 0.5) is 6.01 Å². The van der Waals surface area contributed by atoms with Crippen LogP contribution in [0.2, 0.25) is 0 Å². The minimum atomic E-state index is -0.0280. The Kier molecular flexibility index (Phi) is 5.02. The average molecular weight is 367 g/mol.